The summed E-state index contributed by atoms with van der Waals surface area (Å²) in [5.41, 5.74) is 0.626. The van der Waals surface area contributed by atoms with E-state index < -0.39 is 24.0 Å². The number of pyridine rings is 1. The molecule has 10 nitrogen and oxygen atoms in total. The summed E-state index contributed by atoms with van der Waals surface area (Å²) in [6.45, 7) is 6.70. The second kappa shape index (κ2) is 12.7. The summed E-state index contributed by atoms with van der Waals surface area (Å²) in [7, 11) is 2.03. The fourth-order valence-corrected chi connectivity index (χ4v) is 6.47. The average molecular weight is 606 g/mol. The van der Waals surface area contributed by atoms with E-state index in [2.05, 4.69) is 25.4 Å². The van der Waals surface area contributed by atoms with Crippen molar-refractivity contribution < 1.29 is 27.5 Å². The predicted molar refractivity (Wildman–Crippen MR) is 154 cm³/mol. The van der Waals surface area contributed by atoms with E-state index in [4.69, 9.17) is 4.74 Å². The molecule has 4 atom stereocenters. The van der Waals surface area contributed by atoms with Gasteiger partial charge >= 0.3 is 12.2 Å². The first-order valence-corrected chi connectivity index (χ1v) is 15.2. The van der Waals surface area contributed by atoms with Gasteiger partial charge in [-0.3, -0.25) is 9.78 Å². The number of nitrogens with one attached hydrogen (secondary N) is 2. The van der Waals surface area contributed by atoms with E-state index in [-0.39, 0.29) is 44.0 Å². The van der Waals surface area contributed by atoms with E-state index in [0.29, 0.717) is 43.9 Å². The lowest BCUT2D eigenvalue weighted by Crippen LogP contribution is -2.59. The Kier molecular flexibility index (Phi) is 9.21. The molecule has 236 valence electrons. The Morgan fingerprint density at radius 2 is 1.98 bits per heavy atom. The molecule has 0 saturated carbocycles. The van der Waals surface area contributed by atoms with Crippen molar-refractivity contribution in [1.29, 1.82) is 0 Å². The molecule has 0 spiro atoms. The van der Waals surface area contributed by atoms with Gasteiger partial charge < -0.3 is 35.0 Å². The van der Waals surface area contributed by atoms with Gasteiger partial charge in [0.2, 0.25) is 0 Å². The number of carbonyl (C=O) groups excluding carboxylic acids is 2. The van der Waals surface area contributed by atoms with E-state index in [0.717, 1.165) is 23.4 Å². The van der Waals surface area contributed by atoms with Crippen LogP contribution in [0.15, 0.2) is 48.1 Å². The molecule has 1 aromatic heterocycles. The summed E-state index contributed by atoms with van der Waals surface area (Å²) < 4.78 is 47.0. The number of ether oxygens (including phenoxy) is 1. The molecular formula is C30H42F3N7O3. The summed E-state index contributed by atoms with van der Waals surface area (Å²) in [6, 6.07) is 1.45. The van der Waals surface area contributed by atoms with Gasteiger partial charge in [0.1, 0.15) is 11.7 Å². The number of hydrogen-bond acceptors (Lipinski definition) is 7. The number of hydrogen-bond donors (Lipinski definition) is 2. The first-order valence-electron chi connectivity index (χ1n) is 15.2. The third-order valence-corrected chi connectivity index (χ3v) is 9.08. The first kappa shape index (κ1) is 31.1. The van der Waals surface area contributed by atoms with Crippen molar-refractivity contribution in [3.8, 4) is 0 Å². The van der Waals surface area contributed by atoms with E-state index in [1.165, 1.54) is 4.90 Å². The molecule has 1 aromatic rings. The summed E-state index contributed by atoms with van der Waals surface area (Å²) >= 11 is 0. The van der Waals surface area contributed by atoms with Crippen LogP contribution in [0.25, 0.3) is 0 Å². The monoisotopic (exact) mass is 605 g/mol. The summed E-state index contributed by atoms with van der Waals surface area (Å²) in [4.78, 5) is 38.2. The van der Waals surface area contributed by atoms with Crippen molar-refractivity contribution in [3.05, 3.63) is 53.6 Å². The minimum Gasteiger partial charge on any atom is -0.363 e. The smallest absolute Gasteiger partial charge is 0.363 e. The van der Waals surface area contributed by atoms with Gasteiger partial charge in [0.05, 0.1) is 5.70 Å². The summed E-state index contributed by atoms with van der Waals surface area (Å²) in [5.74, 6) is -0.272. The Balaban J connectivity index is 1.41. The Morgan fingerprint density at radius 3 is 2.60 bits per heavy atom. The zero-order chi connectivity index (χ0) is 30.8. The number of aromatic nitrogens is 1. The van der Waals surface area contributed by atoms with Crippen LogP contribution in [0, 0.1) is 0 Å². The third kappa shape index (κ3) is 6.33. The highest BCUT2D eigenvalue weighted by Crippen LogP contribution is 2.35. The highest BCUT2D eigenvalue weighted by atomic mass is 19.4. The molecule has 5 rings (SSSR count). The van der Waals surface area contributed by atoms with Crippen molar-refractivity contribution in [3.63, 3.8) is 0 Å². The lowest BCUT2D eigenvalue weighted by molar-refractivity contribution is -0.170. The second-order valence-corrected chi connectivity index (χ2v) is 11.6. The topological polar surface area (TPSA) is 93.3 Å². The lowest BCUT2D eigenvalue weighted by Gasteiger charge is -2.46. The quantitative estimate of drug-likeness (QED) is 0.471. The van der Waals surface area contributed by atoms with Crippen molar-refractivity contribution in [1.82, 2.24) is 35.2 Å². The SMILES string of the molecule is CCOC1(c2cccnc2)C=CC(N2CCN(C(=O)N3CCC[C@H]3C(F)(F)F)C[C@H]2CC)=C(C(=O)NC[C@H]2CCN2C)N1. The van der Waals surface area contributed by atoms with Crippen LogP contribution in [-0.2, 0) is 15.3 Å². The normalized spacial score (nSPS) is 28.1. The first-order chi connectivity index (χ1) is 20.6. The van der Waals surface area contributed by atoms with Gasteiger partial charge in [0, 0.05) is 69.4 Å². The van der Waals surface area contributed by atoms with Crippen molar-refractivity contribution in [2.75, 3.05) is 52.9 Å². The van der Waals surface area contributed by atoms with Gasteiger partial charge in [0.15, 0.2) is 5.72 Å². The molecule has 5 heterocycles. The number of rotatable bonds is 8. The van der Waals surface area contributed by atoms with Crippen LogP contribution < -0.4 is 10.6 Å². The van der Waals surface area contributed by atoms with E-state index in [1.54, 1.807) is 12.4 Å². The van der Waals surface area contributed by atoms with E-state index in [1.807, 2.05) is 45.2 Å². The van der Waals surface area contributed by atoms with Crippen LogP contribution in [0.4, 0.5) is 18.0 Å². The largest absolute Gasteiger partial charge is 0.408 e. The molecule has 3 fully saturated rings. The number of alkyl halides is 3. The molecular weight excluding hydrogens is 563 g/mol. The molecule has 3 saturated heterocycles. The van der Waals surface area contributed by atoms with Gasteiger partial charge in [-0.25, -0.2) is 4.79 Å². The highest BCUT2D eigenvalue weighted by molar-refractivity contribution is 5.94. The Labute approximate surface area is 250 Å². The maximum Gasteiger partial charge on any atom is 0.408 e. The van der Waals surface area contributed by atoms with Gasteiger partial charge in [-0.1, -0.05) is 13.0 Å². The van der Waals surface area contributed by atoms with Crippen LogP contribution in [0.2, 0.25) is 0 Å². The number of likely N-dealkylation sites (N-methyl/N-ethyl adjacent to an activating group) is 1. The molecule has 0 aromatic carbocycles. The van der Waals surface area contributed by atoms with Crippen molar-refractivity contribution in [2.24, 2.45) is 0 Å². The molecule has 4 aliphatic heterocycles. The number of amides is 3. The fourth-order valence-electron chi connectivity index (χ4n) is 6.47. The number of allylic oxidation sites excluding steroid dienone is 1. The van der Waals surface area contributed by atoms with Gasteiger partial charge in [-0.15, -0.1) is 0 Å². The minimum atomic E-state index is -4.45. The number of nitrogens with zero attached hydrogens (tertiary/aromatic N) is 5. The fraction of sp³-hybridized carbons (Fsp3) is 0.633. The Bertz CT molecular complexity index is 1230. The number of dihydropyridines is 1. The molecule has 1 unspecified atom stereocenters. The molecule has 43 heavy (non-hydrogen) atoms. The lowest BCUT2D eigenvalue weighted by atomic mass is 9.97. The second-order valence-electron chi connectivity index (χ2n) is 11.6. The Hall–Kier alpha value is -3.32. The average Bonchev–Trinajstić information content (AvgIpc) is 3.51. The van der Waals surface area contributed by atoms with Crippen LogP contribution in [0.1, 0.15) is 45.1 Å². The van der Waals surface area contributed by atoms with Crippen molar-refractivity contribution in [2.45, 2.75) is 69.6 Å². The van der Waals surface area contributed by atoms with Crippen LogP contribution in [0.5, 0.6) is 0 Å². The standard InChI is InChI=1S/C30H42F3N7O3/c1-4-22-20-38(28(42)40-14-7-9-25(40)30(31,32)33)16-17-39(22)24-10-12-29(43-5-2,21-8-6-13-34-18-21)36-26(24)27(41)35-19-23-11-15-37(23)3/h6,8,10,12-13,18,22-23,25,36H,4-5,7,9,11,14-17,19-20H2,1-3H3,(H,35,41)/t22-,23-,25+,29?/m1/s1. The maximum atomic E-state index is 13.8. The molecule has 0 bridgehead atoms. The van der Waals surface area contributed by atoms with Crippen LogP contribution in [-0.4, -0.2) is 114 Å². The molecule has 0 aliphatic carbocycles. The zero-order valence-corrected chi connectivity index (χ0v) is 25.1. The predicted octanol–water partition coefficient (Wildman–Crippen LogP) is 3.01. The van der Waals surface area contributed by atoms with Crippen molar-refractivity contribution >= 4 is 11.9 Å². The molecule has 0 radical (unpaired) electrons. The number of halogens is 3. The summed E-state index contributed by atoms with van der Waals surface area (Å²) in [6.07, 6.45) is 4.59. The van der Waals surface area contributed by atoms with E-state index >= 15 is 0 Å². The molecule has 4 aliphatic rings. The zero-order valence-electron chi connectivity index (χ0n) is 25.1. The van der Waals surface area contributed by atoms with Gasteiger partial charge in [0.25, 0.3) is 5.91 Å². The van der Waals surface area contributed by atoms with E-state index in [9.17, 15) is 22.8 Å². The number of carbonyl (C=O) groups is 2. The summed E-state index contributed by atoms with van der Waals surface area (Å²) in [5, 5.41) is 6.49. The van der Waals surface area contributed by atoms with Crippen LogP contribution in [0.3, 0.4) is 0 Å². The third-order valence-electron chi connectivity index (χ3n) is 9.08. The molecule has 13 heteroatoms. The van der Waals surface area contributed by atoms with Gasteiger partial charge in [-0.2, -0.15) is 13.2 Å². The highest BCUT2D eigenvalue weighted by Gasteiger charge is 2.49. The van der Waals surface area contributed by atoms with Crippen LogP contribution >= 0.6 is 0 Å². The van der Waals surface area contributed by atoms with Gasteiger partial charge in [-0.05, 0) is 64.4 Å². The Morgan fingerprint density at radius 1 is 1.16 bits per heavy atom. The number of piperazine rings is 1. The molecule has 3 amide bonds. The number of likely N-dealkylation sites (tertiary alicyclic amines) is 2. The maximum absolute atomic E-state index is 13.8. The number of urea groups is 1. The molecule has 2 N–H and O–H groups in total. The minimum absolute atomic E-state index is 0.0661.